The number of para-hydroxylation sites is 1. The van der Waals surface area contributed by atoms with E-state index in [-0.39, 0.29) is 11.6 Å². The van der Waals surface area contributed by atoms with Gasteiger partial charge in [-0.15, -0.1) is 0 Å². The molecule has 0 saturated heterocycles. The summed E-state index contributed by atoms with van der Waals surface area (Å²) in [7, 11) is 0. The van der Waals surface area contributed by atoms with E-state index in [1.165, 1.54) is 12.1 Å². The number of rotatable bonds is 2. The molecule has 0 unspecified atom stereocenters. The lowest BCUT2D eigenvalue weighted by molar-refractivity contribution is 0.0920. The zero-order valence-corrected chi connectivity index (χ0v) is 12.7. The number of halogens is 2. The normalized spacial score (nSPS) is 16.8. The van der Waals surface area contributed by atoms with Crippen molar-refractivity contribution in [2.75, 3.05) is 6.61 Å². The van der Waals surface area contributed by atoms with Gasteiger partial charge in [-0.2, -0.15) is 0 Å². The summed E-state index contributed by atoms with van der Waals surface area (Å²) in [5.74, 6) is -0.185. The highest BCUT2D eigenvalue weighted by Gasteiger charge is 2.24. The zero-order valence-electron chi connectivity index (χ0n) is 11.1. The second kappa shape index (κ2) is 5.85. The summed E-state index contributed by atoms with van der Waals surface area (Å²) in [5, 5.41) is 2.88. The first-order chi connectivity index (χ1) is 10.1. The third kappa shape index (κ3) is 2.93. The van der Waals surface area contributed by atoms with Crippen molar-refractivity contribution in [2.45, 2.75) is 12.5 Å². The molecule has 108 valence electrons. The first-order valence-electron chi connectivity index (χ1n) is 6.63. The molecule has 3 nitrogen and oxygen atoms in total. The molecule has 1 N–H and O–H groups in total. The van der Waals surface area contributed by atoms with Crippen LogP contribution in [0.2, 0.25) is 0 Å². The Morgan fingerprint density at radius 2 is 2.10 bits per heavy atom. The molecule has 0 spiro atoms. The lowest BCUT2D eigenvalue weighted by atomic mass is 10.00. The summed E-state index contributed by atoms with van der Waals surface area (Å²) >= 11 is 3.25. The number of amides is 1. The summed E-state index contributed by atoms with van der Waals surface area (Å²) in [6.45, 7) is 0.531. The van der Waals surface area contributed by atoms with Crippen molar-refractivity contribution in [3.8, 4) is 5.75 Å². The van der Waals surface area contributed by atoms with E-state index in [2.05, 4.69) is 21.2 Å². The molecule has 1 amide bonds. The monoisotopic (exact) mass is 349 g/mol. The quantitative estimate of drug-likeness (QED) is 0.894. The van der Waals surface area contributed by atoms with Crippen LogP contribution < -0.4 is 10.1 Å². The average Bonchev–Trinajstić information content (AvgIpc) is 2.50. The maximum absolute atomic E-state index is 13.8. The van der Waals surface area contributed by atoms with Crippen LogP contribution in [0.5, 0.6) is 5.75 Å². The number of carbonyl (C=O) groups excluding carboxylic acids is 1. The van der Waals surface area contributed by atoms with E-state index in [1.54, 1.807) is 6.07 Å². The number of ether oxygens (including phenoxy) is 1. The minimum absolute atomic E-state index is 0.0355. The fourth-order valence-corrected chi connectivity index (χ4v) is 2.76. The largest absolute Gasteiger partial charge is 0.493 e. The number of hydrogen-bond donors (Lipinski definition) is 1. The third-order valence-corrected chi connectivity index (χ3v) is 3.93. The van der Waals surface area contributed by atoms with E-state index in [4.69, 9.17) is 4.74 Å². The Hall–Kier alpha value is -1.88. The standard InChI is InChI=1S/C16H13BrFNO2/c17-10-5-6-13(18)12(9-10)16(20)19-14-7-8-21-15-4-2-1-3-11(14)15/h1-6,9,14H,7-8H2,(H,19,20)/t14-/m1/s1. The molecule has 0 aromatic heterocycles. The van der Waals surface area contributed by atoms with Crippen LogP contribution in [0, 0.1) is 5.82 Å². The highest BCUT2D eigenvalue weighted by Crippen LogP contribution is 2.31. The lowest BCUT2D eigenvalue weighted by Gasteiger charge is -2.26. The molecule has 0 saturated carbocycles. The molecule has 1 heterocycles. The van der Waals surface area contributed by atoms with Gasteiger partial charge in [-0.1, -0.05) is 34.1 Å². The summed E-state index contributed by atoms with van der Waals surface area (Å²) < 4.78 is 20.0. The van der Waals surface area contributed by atoms with E-state index in [0.717, 1.165) is 11.3 Å². The molecule has 2 aromatic carbocycles. The van der Waals surface area contributed by atoms with Gasteiger partial charge in [-0.05, 0) is 24.3 Å². The molecule has 0 fully saturated rings. The van der Waals surface area contributed by atoms with Crippen molar-refractivity contribution < 1.29 is 13.9 Å². The van der Waals surface area contributed by atoms with Crippen LogP contribution in [0.25, 0.3) is 0 Å². The van der Waals surface area contributed by atoms with Crippen LogP contribution in [-0.4, -0.2) is 12.5 Å². The molecule has 0 radical (unpaired) electrons. The van der Waals surface area contributed by atoms with Gasteiger partial charge in [-0.3, -0.25) is 4.79 Å². The third-order valence-electron chi connectivity index (χ3n) is 3.44. The Balaban J connectivity index is 1.84. The summed E-state index contributed by atoms with van der Waals surface area (Å²) in [4.78, 5) is 12.3. The summed E-state index contributed by atoms with van der Waals surface area (Å²) in [5.41, 5.74) is 0.959. The van der Waals surface area contributed by atoms with E-state index in [1.807, 2.05) is 24.3 Å². The minimum Gasteiger partial charge on any atom is -0.493 e. The highest BCUT2D eigenvalue weighted by molar-refractivity contribution is 9.10. The summed E-state index contributed by atoms with van der Waals surface area (Å²) in [6, 6.07) is 11.7. The Kier molecular flexibility index (Phi) is 3.92. The van der Waals surface area contributed by atoms with Crippen LogP contribution in [0.4, 0.5) is 4.39 Å². The Morgan fingerprint density at radius 1 is 1.29 bits per heavy atom. The van der Waals surface area contributed by atoms with Crippen molar-refractivity contribution in [2.24, 2.45) is 0 Å². The molecular formula is C16H13BrFNO2. The first-order valence-corrected chi connectivity index (χ1v) is 7.42. The second-order valence-corrected chi connectivity index (χ2v) is 5.74. The number of hydrogen-bond acceptors (Lipinski definition) is 2. The van der Waals surface area contributed by atoms with Crippen molar-refractivity contribution in [1.29, 1.82) is 0 Å². The van der Waals surface area contributed by atoms with Gasteiger partial charge < -0.3 is 10.1 Å². The molecule has 0 aliphatic carbocycles. The Labute approximate surface area is 130 Å². The summed E-state index contributed by atoms with van der Waals surface area (Å²) in [6.07, 6.45) is 0.665. The van der Waals surface area contributed by atoms with E-state index in [9.17, 15) is 9.18 Å². The lowest BCUT2D eigenvalue weighted by Crippen LogP contribution is -2.32. The highest BCUT2D eigenvalue weighted by atomic mass is 79.9. The predicted molar refractivity (Wildman–Crippen MR) is 80.9 cm³/mol. The number of nitrogens with one attached hydrogen (secondary N) is 1. The van der Waals surface area contributed by atoms with Gasteiger partial charge in [0.25, 0.3) is 5.91 Å². The van der Waals surface area contributed by atoms with E-state index in [0.29, 0.717) is 17.5 Å². The number of carbonyl (C=O) groups is 1. The fourth-order valence-electron chi connectivity index (χ4n) is 2.40. The van der Waals surface area contributed by atoms with Crippen molar-refractivity contribution in [3.63, 3.8) is 0 Å². The molecule has 1 aliphatic rings. The zero-order chi connectivity index (χ0) is 14.8. The first kappa shape index (κ1) is 14.1. The second-order valence-electron chi connectivity index (χ2n) is 4.83. The van der Waals surface area contributed by atoms with Crippen molar-refractivity contribution in [3.05, 3.63) is 63.9 Å². The van der Waals surface area contributed by atoms with E-state index < -0.39 is 11.7 Å². The van der Waals surface area contributed by atoms with Crippen LogP contribution >= 0.6 is 15.9 Å². The van der Waals surface area contributed by atoms with Gasteiger partial charge in [0.1, 0.15) is 11.6 Å². The maximum atomic E-state index is 13.8. The van der Waals surface area contributed by atoms with Crippen molar-refractivity contribution >= 4 is 21.8 Å². The van der Waals surface area contributed by atoms with Crippen molar-refractivity contribution in [1.82, 2.24) is 5.32 Å². The smallest absolute Gasteiger partial charge is 0.254 e. The molecule has 0 bridgehead atoms. The molecule has 5 heteroatoms. The molecule has 21 heavy (non-hydrogen) atoms. The Bertz CT molecular complexity index is 690. The van der Waals surface area contributed by atoms with E-state index >= 15 is 0 Å². The average molecular weight is 350 g/mol. The van der Waals surface area contributed by atoms with Crippen LogP contribution in [0.3, 0.4) is 0 Å². The van der Waals surface area contributed by atoms with Gasteiger partial charge in [0, 0.05) is 16.5 Å². The minimum atomic E-state index is -0.531. The van der Waals surface area contributed by atoms with Gasteiger partial charge in [0.2, 0.25) is 0 Å². The Morgan fingerprint density at radius 3 is 2.95 bits per heavy atom. The van der Waals surface area contributed by atoms with Gasteiger partial charge in [-0.25, -0.2) is 4.39 Å². The van der Waals surface area contributed by atoms with Crippen LogP contribution in [0.1, 0.15) is 28.4 Å². The van der Waals surface area contributed by atoms with Gasteiger partial charge in [0.15, 0.2) is 0 Å². The molecule has 1 atom stereocenters. The number of fused-ring (bicyclic) bond motifs is 1. The number of benzene rings is 2. The molecular weight excluding hydrogens is 337 g/mol. The van der Waals surface area contributed by atoms with Crippen LogP contribution in [-0.2, 0) is 0 Å². The predicted octanol–water partition coefficient (Wildman–Crippen LogP) is 3.84. The molecule has 1 aliphatic heterocycles. The molecule has 3 rings (SSSR count). The SMILES string of the molecule is O=C(N[C@@H]1CCOc2ccccc21)c1cc(Br)ccc1F. The topological polar surface area (TPSA) is 38.3 Å². The van der Waals surface area contributed by atoms with Gasteiger partial charge in [0.05, 0.1) is 18.2 Å². The van der Waals surface area contributed by atoms with Gasteiger partial charge >= 0.3 is 0 Å². The maximum Gasteiger partial charge on any atom is 0.254 e. The fraction of sp³-hybridized carbons (Fsp3) is 0.188. The molecule has 2 aromatic rings. The van der Waals surface area contributed by atoms with Crippen LogP contribution in [0.15, 0.2) is 46.9 Å².